The van der Waals surface area contributed by atoms with Crippen LogP contribution in [0, 0.1) is 13.8 Å². The predicted octanol–water partition coefficient (Wildman–Crippen LogP) is 2.60. The molecule has 17 heavy (non-hydrogen) atoms. The molecule has 0 saturated carbocycles. The molecule has 0 fully saturated rings. The summed E-state index contributed by atoms with van der Waals surface area (Å²) in [5.41, 5.74) is 0.966. The Morgan fingerprint density at radius 2 is 2.18 bits per heavy atom. The van der Waals surface area contributed by atoms with E-state index in [1.54, 1.807) is 11.3 Å². The third kappa shape index (κ3) is 3.14. The second-order valence-corrected chi connectivity index (χ2v) is 5.13. The van der Waals surface area contributed by atoms with Crippen molar-refractivity contribution < 1.29 is 4.42 Å². The summed E-state index contributed by atoms with van der Waals surface area (Å²) in [4.78, 5) is 9.89. The van der Waals surface area contributed by atoms with Crippen LogP contribution in [0.25, 0.3) is 0 Å². The van der Waals surface area contributed by atoms with Crippen LogP contribution < -0.4 is 5.32 Å². The lowest BCUT2D eigenvalue weighted by molar-refractivity contribution is 0.449. The summed E-state index contributed by atoms with van der Waals surface area (Å²) in [5.74, 6) is 1.65. The highest BCUT2D eigenvalue weighted by Crippen LogP contribution is 2.13. The van der Waals surface area contributed by atoms with Gasteiger partial charge in [-0.05, 0) is 20.3 Å². The SMILES string of the molecule is CCc1ncc(CNCc2nc(C)c(C)o2)s1. The number of aromatic nitrogens is 2. The van der Waals surface area contributed by atoms with Gasteiger partial charge in [-0.25, -0.2) is 9.97 Å². The average molecular weight is 251 g/mol. The van der Waals surface area contributed by atoms with Crippen molar-refractivity contribution >= 4 is 11.3 Å². The van der Waals surface area contributed by atoms with Crippen molar-refractivity contribution in [3.63, 3.8) is 0 Å². The van der Waals surface area contributed by atoms with E-state index in [9.17, 15) is 0 Å². The van der Waals surface area contributed by atoms with Gasteiger partial charge in [0.05, 0.1) is 17.2 Å². The molecule has 0 aliphatic heterocycles. The third-order valence-electron chi connectivity index (χ3n) is 2.55. The average Bonchev–Trinajstić information content (AvgIpc) is 2.87. The van der Waals surface area contributed by atoms with Crippen LogP contribution in [0.15, 0.2) is 10.6 Å². The van der Waals surface area contributed by atoms with Crippen molar-refractivity contribution in [3.05, 3.63) is 33.4 Å². The Balaban J connectivity index is 1.83. The van der Waals surface area contributed by atoms with Gasteiger partial charge in [0.2, 0.25) is 5.89 Å². The monoisotopic (exact) mass is 251 g/mol. The van der Waals surface area contributed by atoms with Gasteiger partial charge in [0.15, 0.2) is 0 Å². The zero-order valence-corrected chi connectivity index (χ0v) is 11.2. The summed E-state index contributed by atoms with van der Waals surface area (Å²) in [6.07, 6.45) is 2.94. The third-order valence-corrected chi connectivity index (χ3v) is 3.69. The highest BCUT2D eigenvalue weighted by molar-refractivity contribution is 7.11. The van der Waals surface area contributed by atoms with E-state index in [0.29, 0.717) is 6.54 Å². The van der Waals surface area contributed by atoms with Crippen molar-refractivity contribution in [1.82, 2.24) is 15.3 Å². The molecule has 0 atom stereocenters. The molecule has 1 N–H and O–H groups in total. The smallest absolute Gasteiger partial charge is 0.208 e. The Hall–Kier alpha value is -1.20. The molecule has 0 aromatic carbocycles. The van der Waals surface area contributed by atoms with E-state index in [4.69, 9.17) is 4.42 Å². The predicted molar refractivity (Wildman–Crippen MR) is 68.0 cm³/mol. The molecule has 2 aromatic rings. The van der Waals surface area contributed by atoms with Crippen molar-refractivity contribution in [2.75, 3.05) is 0 Å². The number of oxazole rings is 1. The topological polar surface area (TPSA) is 51.0 Å². The molecule has 0 aliphatic carbocycles. The first-order valence-corrected chi connectivity index (χ1v) is 6.58. The summed E-state index contributed by atoms with van der Waals surface area (Å²) in [7, 11) is 0. The number of hydrogen-bond donors (Lipinski definition) is 1. The molecule has 0 amide bonds. The molecular weight excluding hydrogens is 234 g/mol. The number of thiazole rings is 1. The van der Waals surface area contributed by atoms with E-state index in [-0.39, 0.29) is 0 Å². The van der Waals surface area contributed by atoms with Crippen molar-refractivity contribution in [3.8, 4) is 0 Å². The molecule has 4 nitrogen and oxygen atoms in total. The molecule has 2 heterocycles. The number of hydrogen-bond acceptors (Lipinski definition) is 5. The molecule has 2 aromatic heterocycles. The minimum absolute atomic E-state index is 0.661. The van der Waals surface area contributed by atoms with Crippen LogP contribution in [-0.4, -0.2) is 9.97 Å². The van der Waals surface area contributed by atoms with Crippen LogP contribution in [0.2, 0.25) is 0 Å². The molecule has 0 bridgehead atoms. The zero-order valence-electron chi connectivity index (χ0n) is 10.4. The van der Waals surface area contributed by atoms with Gasteiger partial charge < -0.3 is 9.73 Å². The Morgan fingerprint density at radius 3 is 2.76 bits per heavy atom. The normalized spacial score (nSPS) is 11.0. The van der Waals surface area contributed by atoms with E-state index >= 15 is 0 Å². The fourth-order valence-electron chi connectivity index (χ4n) is 1.50. The van der Waals surface area contributed by atoms with E-state index in [0.717, 1.165) is 30.3 Å². The summed E-state index contributed by atoms with van der Waals surface area (Å²) >= 11 is 1.75. The maximum absolute atomic E-state index is 5.49. The van der Waals surface area contributed by atoms with Crippen LogP contribution in [0.3, 0.4) is 0 Å². The maximum Gasteiger partial charge on any atom is 0.208 e. The van der Waals surface area contributed by atoms with Gasteiger partial charge in [0.1, 0.15) is 5.76 Å². The molecule has 0 aliphatic rings. The Morgan fingerprint density at radius 1 is 1.35 bits per heavy atom. The van der Waals surface area contributed by atoms with Gasteiger partial charge in [-0.1, -0.05) is 6.92 Å². The lowest BCUT2D eigenvalue weighted by atomic mass is 10.4. The first kappa shape index (κ1) is 12.3. The lowest BCUT2D eigenvalue weighted by Crippen LogP contribution is -2.11. The van der Waals surface area contributed by atoms with E-state index < -0.39 is 0 Å². The van der Waals surface area contributed by atoms with E-state index in [2.05, 4.69) is 22.2 Å². The molecule has 0 unspecified atom stereocenters. The van der Waals surface area contributed by atoms with Crippen LogP contribution >= 0.6 is 11.3 Å². The fraction of sp³-hybridized carbons (Fsp3) is 0.500. The van der Waals surface area contributed by atoms with E-state index in [1.807, 2.05) is 20.0 Å². The maximum atomic E-state index is 5.49. The van der Waals surface area contributed by atoms with Crippen LogP contribution in [0.5, 0.6) is 0 Å². The lowest BCUT2D eigenvalue weighted by Gasteiger charge is -1.98. The van der Waals surface area contributed by atoms with Gasteiger partial charge in [-0.2, -0.15) is 0 Å². The Bertz CT molecular complexity index is 470. The first-order valence-electron chi connectivity index (χ1n) is 5.76. The summed E-state index contributed by atoms with van der Waals surface area (Å²) < 4.78 is 5.49. The Kier molecular flexibility index (Phi) is 3.91. The minimum atomic E-state index is 0.661. The van der Waals surface area contributed by atoms with Gasteiger partial charge >= 0.3 is 0 Å². The quantitative estimate of drug-likeness (QED) is 0.887. The van der Waals surface area contributed by atoms with Crippen molar-refractivity contribution in [2.45, 2.75) is 40.3 Å². The van der Waals surface area contributed by atoms with Gasteiger partial charge in [-0.3, -0.25) is 0 Å². The molecule has 0 radical (unpaired) electrons. The summed E-state index contributed by atoms with van der Waals surface area (Å²) in [6.45, 7) is 7.49. The van der Waals surface area contributed by atoms with E-state index in [1.165, 1.54) is 9.88 Å². The van der Waals surface area contributed by atoms with Crippen LogP contribution in [-0.2, 0) is 19.5 Å². The number of nitrogens with one attached hydrogen (secondary N) is 1. The van der Waals surface area contributed by atoms with Crippen molar-refractivity contribution in [1.29, 1.82) is 0 Å². The summed E-state index contributed by atoms with van der Waals surface area (Å²) in [6, 6.07) is 0. The van der Waals surface area contributed by atoms with Crippen LogP contribution in [0.4, 0.5) is 0 Å². The van der Waals surface area contributed by atoms with Gasteiger partial charge in [0.25, 0.3) is 0 Å². The molecule has 92 valence electrons. The number of nitrogens with zero attached hydrogens (tertiary/aromatic N) is 2. The second kappa shape index (κ2) is 5.42. The van der Waals surface area contributed by atoms with Gasteiger partial charge in [0, 0.05) is 17.6 Å². The molecule has 0 spiro atoms. The first-order chi connectivity index (χ1) is 8.19. The molecular formula is C12H17N3OS. The standard InChI is InChI=1S/C12H17N3OS/c1-4-12-14-6-10(17-12)5-13-7-11-15-8(2)9(3)16-11/h6,13H,4-5,7H2,1-3H3. The summed E-state index contributed by atoms with van der Waals surface area (Å²) in [5, 5.41) is 4.49. The zero-order chi connectivity index (χ0) is 12.3. The van der Waals surface area contributed by atoms with Crippen molar-refractivity contribution in [2.24, 2.45) is 0 Å². The molecule has 2 rings (SSSR count). The largest absolute Gasteiger partial charge is 0.444 e. The second-order valence-electron chi connectivity index (χ2n) is 3.93. The highest BCUT2D eigenvalue weighted by Gasteiger charge is 2.05. The fourth-order valence-corrected chi connectivity index (χ4v) is 2.33. The molecule has 0 saturated heterocycles. The van der Waals surface area contributed by atoms with Gasteiger partial charge in [-0.15, -0.1) is 11.3 Å². The number of rotatable bonds is 5. The molecule has 5 heteroatoms. The minimum Gasteiger partial charge on any atom is -0.444 e. The Labute approximate surface area is 105 Å². The van der Waals surface area contributed by atoms with Crippen LogP contribution in [0.1, 0.15) is 34.2 Å². The highest BCUT2D eigenvalue weighted by atomic mass is 32.1. The number of aryl methyl sites for hydroxylation is 3.